The molecule has 26 heavy (non-hydrogen) atoms. The van der Waals surface area contributed by atoms with E-state index in [1.54, 1.807) is 12.1 Å². The third-order valence-electron chi connectivity index (χ3n) is 4.03. The van der Waals surface area contributed by atoms with Crippen LogP contribution in [0.1, 0.15) is 36.5 Å². The Balaban J connectivity index is 1.83. The van der Waals surface area contributed by atoms with Crippen LogP contribution in [-0.2, 0) is 9.59 Å². The molecule has 0 aromatic heterocycles. The number of anilines is 1. The van der Waals surface area contributed by atoms with Gasteiger partial charge in [-0.15, -0.1) is 0 Å². The van der Waals surface area contributed by atoms with E-state index in [0.717, 1.165) is 22.4 Å². The summed E-state index contributed by atoms with van der Waals surface area (Å²) in [5.41, 5.74) is 4.01. The van der Waals surface area contributed by atoms with E-state index in [-0.39, 0.29) is 25.0 Å². The SMILES string of the molecule is Cc1ccc(OCC(=O)NCC(=O)Nc2c(C)cccc2C(C)C)cc1. The molecule has 5 heteroatoms. The molecular weight excluding hydrogens is 328 g/mol. The lowest BCUT2D eigenvalue weighted by atomic mass is 9.98. The highest BCUT2D eigenvalue weighted by Crippen LogP contribution is 2.27. The minimum atomic E-state index is -0.338. The number of hydrogen-bond donors (Lipinski definition) is 2. The second-order valence-corrected chi connectivity index (χ2v) is 6.62. The van der Waals surface area contributed by atoms with Gasteiger partial charge in [0.2, 0.25) is 5.91 Å². The summed E-state index contributed by atoms with van der Waals surface area (Å²) in [6.45, 7) is 7.87. The van der Waals surface area contributed by atoms with Gasteiger partial charge >= 0.3 is 0 Å². The average Bonchev–Trinajstić information content (AvgIpc) is 2.61. The third kappa shape index (κ3) is 5.62. The summed E-state index contributed by atoms with van der Waals surface area (Å²) < 4.78 is 5.40. The standard InChI is InChI=1S/C21H26N2O3/c1-14(2)18-7-5-6-16(4)21(18)23-19(24)12-22-20(25)13-26-17-10-8-15(3)9-11-17/h5-11,14H,12-13H2,1-4H3,(H,22,25)(H,23,24). The van der Waals surface area contributed by atoms with Crippen molar-refractivity contribution in [3.8, 4) is 5.75 Å². The van der Waals surface area contributed by atoms with Crippen LogP contribution >= 0.6 is 0 Å². The number of carbonyl (C=O) groups excluding carboxylic acids is 2. The molecule has 2 aromatic rings. The Labute approximate surface area is 154 Å². The van der Waals surface area contributed by atoms with Crippen LogP contribution in [0.25, 0.3) is 0 Å². The first-order valence-corrected chi connectivity index (χ1v) is 8.72. The Bertz CT molecular complexity index is 767. The summed E-state index contributed by atoms with van der Waals surface area (Å²) >= 11 is 0. The molecule has 0 atom stereocenters. The van der Waals surface area contributed by atoms with Crippen LogP contribution < -0.4 is 15.4 Å². The van der Waals surface area contributed by atoms with Crippen LogP contribution in [0.4, 0.5) is 5.69 Å². The topological polar surface area (TPSA) is 67.4 Å². The van der Waals surface area contributed by atoms with Gasteiger partial charge in [-0.25, -0.2) is 0 Å². The van der Waals surface area contributed by atoms with Crippen LogP contribution in [0.3, 0.4) is 0 Å². The number of rotatable bonds is 7. The minimum absolute atomic E-state index is 0.0953. The van der Waals surface area contributed by atoms with Gasteiger partial charge < -0.3 is 15.4 Å². The maximum atomic E-state index is 12.2. The summed E-state index contributed by atoms with van der Waals surface area (Å²) in [5.74, 6) is 0.318. The van der Waals surface area contributed by atoms with Crippen molar-refractivity contribution in [3.05, 3.63) is 59.2 Å². The first kappa shape index (κ1) is 19.5. The monoisotopic (exact) mass is 354 g/mol. The number of aryl methyl sites for hydroxylation is 2. The third-order valence-corrected chi connectivity index (χ3v) is 4.03. The van der Waals surface area contributed by atoms with Crippen molar-refractivity contribution in [1.82, 2.24) is 5.32 Å². The van der Waals surface area contributed by atoms with E-state index >= 15 is 0 Å². The molecule has 2 aromatic carbocycles. The highest BCUT2D eigenvalue weighted by atomic mass is 16.5. The molecule has 2 amide bonds. The van der Waals surface area contributed by atoms with Crippen LogP contribution in [0.15, 0.2) is 42.5 Å². The molecule has 0 radical (unpaired) electrons. The Kier molecular flexibility index (Phi) is 6.78. The molecule has 0 aliphatic carbocycles. The zero-order valence-corrected chi connectivity index (χ0v) is 15.8. The Morgan fingerprint density at radius 3 is 2.35 bits per heavy atom. The first-order valence-electron chi connectivity index (χ1n) is 8.72. The minimum Gasteiger partial charge on any atom is -0.484 e. The molecule has 0 aliphatic rings. The van der Waals surface area contributed by atoms with E-state index in [1.807, 2.05) is 44.2 Å². The second kappa shape index (κ2) is 9.04. The van der Waals surface area contributed by atoms with Crippen LogP contribution in [0, 0.1) is 13.8 Å². The fourth-order valence-corrected chi connectivity index (χ4v) is 2.54. The number of para-hydroxylation sites is 1. The van der Waals surface area contributed by atoms with Crippen LogP contribution in [-0.4, -0.2) is 25.0 Å². The van der Waals surface area contributed by atoms with E-state index in [1.165, 1.54) is 0 Å². The predicted molar refractivity (Wildman–Crippen MR) is 104 cm³/mol. The lowest BCUT2D eigenvalue weighted by Gasteiger charge is -2.16. The van der Waals surface area contributed by atoms with Crippen molar-refractivity contribution in [2.75, 3.05) is 18.5 Å². The van der Waals surface area contributed by atoms with Crippen LogP contribution in [0.5, 0.6) is 5.75 Å². The number of hydrogen-bond acceptors (Lipinski definition) is 3. The van der Waals surface area contributed by atoms with Gasteiger partial charge in [0.15, 0.2) is 6.61 Å². The fraction of sp³-hybridized carbons (Fsp3) is 0.333. The molecule has 0 fully saturated rings. The van der Waals surface area contributed by atoms with Crippen LogP contribution in [0.2, 0.25) is 0 Å². The molecule has 0 saturated carbocycles. The van der Waals surface area contributed by atoms with E-state index in [9.17, 15) is 9.59 Å². The molecule has 0 heterocycles. The molecule has 0 saturated heterocycles. The summed E-state index contributed by atoms with van der Waals surface area (Å²) in [6, 6.07) is 13.4. The van der Waals surface area contributed by atoms with E-state index in [4.69, 9.17) is 4.74 Å². The average molecular weight is 354 g/mol. The van der Waals surface area contributed by atoms with Gasteiger partial charge in [0.05, 0.1) is 6.54 Å². The van der Waals surface area contributed by atoms with Gasteiger partial charge in [-0.05, 0) is 43.0 Å². The number of nitrogens with one attached hydrogen (secondary N) is 2. The summed E-state index contributed by atoms with van der Waals surface area (Å²) in [6.07, 6.45) is 0. The second-order valence-electron chi connectivity index (χ2n) is 6.62. The highest BCUT2D eigenvalue weighted by molar-refractivity contribution is 5.96. The largest absolute Gasteiger partial charge is 0.484 e. The molecule has 2 N–H and O–H groups in total. The number of benzene rings is 2. The van der Waals surface area contributed by atoms with Gasteiger partial charge in [-0.1, -0.05) is 49.7 Å². The van der Waals surface area contributed by atoms with E-state index in [2.05, 4.69) is 24.5 Å². The van der Waals surface area contributed by atoms with Gasteiger partial charge in [-0.3, -0.25) is 9.59 Å². The number of amides is 2. The molecule has 138 valence electrons. The van der Waals surface area contributed by atoms with Gasteiger partial charge in [0, 0.05) is 5.69 Å². The first-order chi connectivity index (χ1) is 12.4. The molecule has 2 rings (SSSR count). The Morgan fingerprint density at radius 1 is 1.00 bits per heavy atom. The predicted octanol–water partition coefficient (Wildman–Crippen LogP) is 3.56. The number of ether oxygens (including phenoxy) is 1. The van der Waals surface area contributed by atoms with E-state index in [0.29, 0.717) is 11.7 Å². The van der Waals surface area contributed by atoms with Crippen molar-refractivity contribution >= 4 is 17.5 Å². The van der Waals surface area contributed by atoms with E-state index < -0.39 is 0 Å². The van der Waals surface area contributed by atoms with Gasteiger partial charge in [-0.2, -0.15) is 0 Å². The maximum Gasteiger partial charge on any atom is 0.258 e. The van der Waals surface area contributed by atoms with Crippen molar-refractivity contribution in [1.29, 1.82) is 0 Å². The number of carbonyl (C=O) groups is 2. The molecule has 0 unspecified atom stereocenters. The maximum absolute atomic E-state index is 12.2. The Hall–Kier alpha value is -2.82. The summed E-state index contributed by atoms with van der Waals surface area (Å²) in [5, 5.41) is 5.48. The highest BCUT2D eigenvalue weighted by Gasteiger charge is 2.13. The lowest BCUT2D eigenvalue weighted by Crippen LogP contribution is -2.36. The summed E-state index contributed by atoms with van der Waals surface area (Å²) in [7, 11) is 0. The molecule has 0 aliphatic heterocycles. The zero-order valence-electron chi connectivity index (χ0n) is 15.8. The summed E-state index contributed by atoms with van der Waals surface area (Å²) in [4.78, 5) is 24.1. The fourth-order valence-electron chi connectivity index (χ4n) is 2.54. The van der Waals surface area contributed by atoms with Gasteiger partial charge in [0.1, 0.15) is 5.75 Å². The zero-order chi connectivity index (χ0) is 19.1. The molecular formula is C21H26N2O3. The molecule has 0 bridgehead atoms. The normalized spacial score (nSPS) is 10.5. The van der Waals surface area contributed by atoms with Crippen molar-refractivity contribution in [2.24, 2.45) is 0 Å². The quantitative estimate of drug-likeness (QED) is 0.799. The van der Waals surface area contributed by atoms with Gasteiger partial charge in [0.25, 0.3) is 5.91 Å². The Morgan fingerprint density at radius 2 is 1.69 bits per heavy atom. The molecule has 5 nitrogen and oxygen atoms in total. The van der Waals surface area contributed by atoms with Crippen molar-refractivity contribution < 1.29 is 14.3 Å². The smallest absolute Gasteiger partial charge is 0.258 e. The van der Waals surface area contributed by atoms with Crippen molar-refractivity contribution in [2.45, 2.75) is 33.6 Å². The molecule has 0 spiro atoms. The van der Waals surface area contributed by atoms with Crippen molar-refractivity contribution in [3.63, 3.8) is 0 Å². The lowest BCUT2D eigenvalue weighted by molar-refractivity contribution is -0.125.